The van der Waals surface area contributed by atoms with Gasteiger partial charge < -0.3 is 19.8 Å². The minimum atomic E-state index is -4.37. The van der Waals surface area contributed by atoms with Crippen molar-refractivity contribution in [2.75, 3.05) is 40.9 Å². The largest absolute Gasteiger partial charge is 0.472 e. The second kappa shape index (κ2) is 54.2. The van der Waals surface area contributed by atoms with Gasteiger partial charge >= 0.3 is 7.82 Å². The molecule has 0 saturated carbocycles. The van der Waals surface area contributed by atoms with E-state index in [1.54, 1.807) is 6.08 Å². The zero-order valence-electron chi connectivity index (χ0n) is 48.1. The van der Waals surface area contributed by atoms with Crippen LogP contribution in [0.15, 0.2) is 97.2 Å². The Labute approximate surface area is 451 Å². The number of aliphatic hydroxyl groups is 1. The summed E-state index contributed by atoms with van der Waals surface area (Å²) in [5.41, 5.74) is 0. The van der Waals surface area contributed by atoms with Crippen LogP contribution in [0.5, 0.6) is 0 Å². The molecule has 0 aromatic carbocycles. The van der Waals surface area contributed by atoms with Crippen LogP contribution in [0.25, 0.3) is 0 Å². The van der Waals surface area contributed by atoms with E-state index >= 15 is 0 Å². The molecule has 0 aliphatic carbocycles. The Kier molecular flexibility index (Phi) is 52.3. The Morgan fingerprint density at radius 2 is 0.836 bits per heavy atom. The molecule has 0 aromatic heterocycles. The van der Waals surface area contributed by atoms with E-state index in [0.29, 0.717) is 17.4 Å². The number of nitrogens with zero attached hydrogens (tertiary/aromatic N) is 1. The Bertz CT molecular complexity index is 1510. The molecule has 0 aliphatic rings. The van der Waals surface area contributed by atoms with Crippen LogP contribution in [0.1, 0.15) is 251 Å². The number of likely N-dealkylation sites (N-methyl/N-ethyl adjacent to an activating group) is 1. The molecule has 3 N–H and O–H groups in total. The molecule has 0 fully saturated rings. The Balaban J connectivity index is 4.29. The van der Waals surface area contributed by atoms with Gasteiger partial charge in [0.05, 0.1) is 39.9 Å². The van der Waals surface area contributed by atoms with Crippen molar-refractivity contribution < 1.29 is 32.9 Å². The molecular weight excluding hydrogens is 924 g/mol. The average Bonchev–Trinajstić information content (AvgIpc) is 3.35. The summed E-state index contributed by atoms with van der Waals surface area (Å²) < 4.78 is 23.7. The Morgan fingerprint density at radius 3 is 1.26 bits per heavy atom. The molecule has 0 spiro atoms. The van der Waals surface area contributed by atoms with Crippen LogP contribution < -0.4 is 5.32 Å². The third-order valence-corrected chi connectivity index (χ3v) is 14.0. The van der Waals surface area contributed by atoms with Gasteiger partial charge in [0.15, 0.2) is 0 Å². The summed E-state index contributed by atoms with van der Waals surface area (Å²) in [5.74, 6) is -0.212. The molecule has 3 atom stereocenters. The van der Waals surface area contributed by atoms with Crippen molar-refractivity contribution in [3.8, 4) is 0 Å². The second-order valence-electron chi connectivity index (χ2n) is 21.3. The first-order valence-electron chi connectivity index (χ1n) is 30.1. The van der Waals surface area contributed by atoms with Crippen molar-refractivity contribution in [3.05, 3.63) is 97.2 Å². The molecule has 0 rings (SSSR count). The van der Waals surface area contributed by atoms with Crippen LogP contribution in [-0.4, -0.2) is 73.4 Å². The molecule has 0 bridgehead atoms. The summed E-state index contributed by atoms with van der Waals surface area (Å²) in [5, 5.41) is 13.9. The number of quaternary nitrogens is 1. The van der Waals surface area contributed by atoms with Crippen molar-refractivity contribution in [3.63, 3.8) is 0 Å². The lowest BCUT2D eigenvalue weighted by molar-refractivity contribution is -0.870. The van der Waals surface area contributed by atoms with Crippen LogP contribution in [-0.2, 0) is 18.4 Å². The normalized spacial score (nSPS) is 14.6. The highest BCUT2D eigenvalue weighted by Gasteiger charge is 2.27. The zero-order chi connectivity index (χ0) is 53.5. The van der Waals surface area contributed by atoms with E-state index in [2.05, 4.69) is 104 Å². The maximum atomic E-state index is 13.0. The maximum absolute atomic E-state index is 13.0. The predicted octanol–water partition coefficient (Wildman–Crippen LogP) is 18.6. The summed E-state index contributed by atoms with van der Waals surface area (Å²) in [6.45, 7) is 4.66. The van der Waals surface area contributed by atoms with E-state index in [4.69, 9.17) is 9.05 Å². The van der Waals surface area contributed by atoms with Crippen molar-refractivity contribution in [1.82, 2.24) is 5.32 Å². The first kappa shape index (κ1) is 70.4. The van der Waals surface area contributed by atoms with Gasteiger partial charge in [0, 0.05) is 6.42 Å². The van der Waals surface area contributed by atoms with Crippen LogP contribution in [0.3, 0.4) is 0 Å². The minimum Gasteiger partial charge on any atom is -0.387 e. The Morgan fingerprint density at radius 1 is 0.479 bits per heavy atom. The van der Waals surface area contributed by atoms with E-state index in [1.165, 1.54) is 135 Å². The minimum absolute atomic E-state index is 0.0442. The van der Waals surface area contributed by atoms with E-state index in [9.17, 15) is 19.4 Å². The molecule has 0 radical (unpaired) electrons. The number of phosphoric acid groups is 1. The smallest absolute Gasteiger partial charge is 0.387 e. The summed E-state index contributed by atoms with van der Waals surface area (Å²) >= 11 is 0. The van der Waals surface area contributed by atoms with E-state index in [0.717, 1.165) is 96.3 Å². The summed E-state index contributed by atoms with van der Waals surface area (Å²) in [6, 6.07) is -0.888. The number of hydrogen-bond donors (Lipinski definition) is 3. The van der Waals surface area contributed by atoms with Crippen molar-refractivity contribution in [2.45, 2.75) is 264 Å². The maximum Gasteiger partial charge on any atom is 0.472 e. The lowest BCUT2D eigenvalue weighted by Gasteiger charge is -2.25. The molecular formula is C64H116N2O6P+. The highest BCUT2D eigenvalue weighted by atomic mass is 31.2. The molecule has 0 aromatic rings. The molecule has 8 nitrogen and oxygen atoms in total. The average molecular weight is 1040 g/mol. The number of hydrogen-bond acceptors (Lipinski definition) is 5. The van der Waals surface area contributed by atoms with Gasteiger partial charge in [0.2, 0.25) is 5.91 Å². The summed E-state index contributed by atoms with van der Waals surface area (Å²) in [4.78, 5) is 23.3. The standard InChI is InChI=1S/C64H115N2O6P/c1-6-8-10-12-14-16-18-20-22-24-26-28-29-30-31-32-33-34-35-36-38-39-41-43-45-47-49-51-53-55-57-63(67)62(61-72-73(69,70)71-60-59-66(3,4)5)65-64(68)58-56-54-52-50-48-46-44-42-40-37-27-25-23-21-19-17-15-13-11-9-7-2/h9,11,15,17,21,23,27,37,39,41-42,44,47,49,55,57,62-63,67H,6-8,10,12-14,16,18-20,22,24-26,28-36,38,40,43,45-46,48,50-54,56,58-61H2,1-5H3,(H-,65,68,69,70)/p+1/b11-9-,17-15-,23-21-,37-27-,41-39+,44-42-,49-47+,57-55+. The van der Waals surface area contributed by atoms with Gasteiger partial charge in [-0.2, -0.15) is 0 Å². The van der Waals surface area contributed by atoms with Gasteiger partial charge in [-0.1, -0.05) is 252 Å². The lowest BCUT2D eigenvalue weighted by Crippen LogP contribution is -2.45. The third kappa shape index (κ3) is 57.0. The highest BCUT2D eigenvalue weighted by molar-refractivity contribution is 7.47. The first-order chi connectivity index (χ1) is 35.5. The van der Waals surface area contributed by atoms with E-state index in [1.807, 2.05) is 27.2 Å². The van der Waals surface area contributed by atoms with Crippen LogP contribution in [0.2, 0.25) is 0 Å². The van der Waals surface area contributed by atoms with Crippen molar-refractivity contribution in [1.29, 1.82) is 0 Å². The SMILES string of the molecule is CC/C=C\C/C=C\C/C=C\C/C=C\C/C=C\CCCCCCCC(=O)NC(COP(=O)(O)OCC[N+](C)(C)C)C(O)/C=C/CC/C=C/CC/C=C/CCCCCCCCCCCCCCCCCCCCCC. The first-order valence-corrected chi connectivity index (χ1v) is 31.6. The number of unbranched alkanes of at least 4 members (excludes halogenated alkanes) is 27. The van der Waals surface area contributed by atoms with Gasteiger partial charge in [0.25, 0.3) is 0 Å². The third-order valence-electron chi connectivity index (χ3n) is 13.0. The number of carbonyl (C=O) groups is 1. The van der Waals surface area contributed by atoms with E-state index < -0.39 is 20.0 Å². The quantitative estimate of drug-likeness (QED) is 0.0243. The number of rotatable bonds is 54. The Hall–Kier alpha value is -2.58. The molecule has 0 aliphatic heterocycles. The summed E-state index contributed by atoms with van der Waals surface area (Å²) in [6.07, 6.45) is 78.2. The second-order valence-corrected chi connectivity index (χ2v) is 22.8. The molecule has 1 amide bonds. The van der Waals surface area contributed by atoms with Crippen LogP contribution in [0.4, 0.5) is 0 Å². The molecule has 0 saturated heterocycles. The molecule has 422 valence electrons. The van der Waals surface area contributed by atoms with Crippen molar-refractivity contribution in [2.24, 2.45) is 0 Å². The molecule has 0 heterocycles. The highest BCUT2D eigenvalue weighted by Crippen LogP contribution is 2.43. The van der Waals surface area contributed by atoms with Gasteiger partial charge in [0.1, 0.15) is 13.2 Å². The van der Waals surface area contributed by atoms with Gasteiger partial charge in [-0.3, -0.25) is 13.8 Å². The molecule has 9 heteroatoms. The summed E-state index contributed by atoms with van der Waals surface area (Å²) in [7, 11) is 1.52. The zero-order valence-corrected chi connectivity index (χ0v) is 49.0. The number of carbonyl (C=O) groups excluding carboxylic acids is 1. The number of amides is 1. The fourth-order valence-corrected chi connectivity index (χ4v) is 9.07. The fraction of sp³-hybridized carbons (Fsp3) is 0.734. The van der Waals surface area contributed by atoms with Gasteiger partial charge in [-0.15, -0.1) is 0 Å². The predicted molar refractivity (Wildman–Crippen MR) is 318 cm³/mol. The number of phosphoric ester groups is 1. The van der Waals surface area contributed by atoms with Crippen LogP contribution in [0, 0.1) is 0 Å². The number of allylic oxidation sites excluding steroid dienone is 15. The van der Waals surface area contributed by atoms with Crippen molar-refractivity contribution >= 4 is 13.7 Å². The number of nitrogens with one attached hydrogen (secondary N) is 1. The van der Waals surface area contributed by atoms with Gasteiger partial charge in [-0.05, 0) is 89.9 Å². The molecule has 73 heavy (non-hydrogen) atoms. The number of aliphatic hydroxyl groups excluding tert-OH is 1. The fourth-order valence-electron chi connectivity index (χ4n) is 8.34. The monoisotopic (exact) mass is 1040 g/mol. The van der Waals surface area contributed by atoms with Gasteiger partial charge in [-0.25, -0.2) is 4.57 Å². The van der Waals surface area contributed by atoms with Crippen LogP contribution >= 0.6 is 7.82 Å². The van der Waals surface area contributed by atoms with E-state index in [-0.39, 0.29) is 19.1 Å². The lowest BCUT2D eigenvalue weighted by atomic mass is 10.0. The molecule has 3 unspecified atom stereocenters. The topological polar surface area (TPSA) is 105 Å².